The number of rotatable bonds is 6. The summed E-state index contributed by atoms with van der Waals surface area (Å²) in [6, 6.07) is 10.3. The number of hydrogen-bond acceptors (Lipinski definition) is 5. The molecular weight excluding hydrogens is 348 g/mol. The maximum Gasteiger partial charge on any atom is 0.348 e. The van der Waals surface area contributed by atoms with Crippen molar-refractivity contribution in [1.82, 2.24) is 19.5 Å². The van der Waals surface area contributed by atoms with Gasteiger partial charge in [-0.3, -0.25) is 4.90 Å². The number of benzene rings is 1. The molecule has 4 aromatic rings. The van der Waals surface area contributed by atoms with Crippen LogP contribution in [0.1, 0.15) is 5.56 Å². The van der Waals surface area contributed by atoms with Gasteiger partial charge in [0.15, 0.2) is 5.65 Å². The van der Waals surface area contributed by atoms with Gasteiger partial charge in [-0.1, -0.05) is 12.1 Å². The van der Waals surface area contributed by atoms with E-state index in [1.807, 2.05) is 6.07 Å². The maximum absolute atomic E-state index is 12.3. The van der Waals surface area contributed by atoms with Crippen molar-refractivity contribution in [3.63, 3.8) is 0 Å². The van der Waals surface area contributed by atoms with Gasteiger partial charge in [0, 0.05) is 25.6 Å². The number of thiophene rings is 1. The fourth-order valence-corrected chi connectivity index (χ4v) is 3.88. The summed E-state index contributed by atoms with van der Waals surface area (Å²) in [6.07, 6.45) is 0. The van der Waals surface area contributed by atoms with Crippen LogP contribution < -0.4 is 5.69 Å². The number of nitrogens with zero attached hydrogens (tertiary/aromatic N) is 3. The Bertz CT molecular complexity index is 1100. The predicted molar refractivity (Wildman–Crippen MR) is 105 cm³/mol. The van der Waals surface area contributed by atoms with E-state index in [1.54, 1.807) is 22.8 Å². The first-order chi connectivity index (χ1) is 12.7. The van der Waals surface area contributed by atoms with Gasteiger partial charge >= 0.3 is 5.69 Å². The molecule has 6 nitrogen and oxygen atoms in total. The topological polar surface area (TPSA) is 62.6 Å². The standard InChI is InChI=1S/C19H20N4O2S/c1-22(6-7-25-2)11-15-10-18-20-21-19(24)23(18)17-9-13(3-4-16(15)17)14-5-8-26-12-14/h3-5,8-10,12H,6-7,11H2,1-2H3,(H,21,24). The van der Waals surface area contributed by atoms with Crippen molar-refractivity contribution in [1.29, 1.82) is 0 Å². The smallest absolute Gasteiger partial charge is 0.348 e. The van der Waals surface area contributed by atoms with Crippen molar-refractivity contribution in [3.8, 4) is 11.1 Å². The highest BCUT2D eigenvalue weighted by Gasteiger charge is 2.13. The maximum atomic E-state index is 12.3. The predicted octanol–water partition coefficient (Wildman–Crippen LogP) is 2.98. The van der Waals surface area contributed by atoms with Crippen molar-refractivity contribution < 1.29 is 4.74 Å². The first kappa shape index (κ1) is 17.0. The molecule has 3 heterocycles. The third kappa shape index (κ3) is 3.05. The fraction of sp³-hybridized carbons (Fsp3) is 0.263. The van der Waals surface area contributed by atoms with E-state index in [0.29, 0.717) is 12.3 Å². The van der Waals surface area contributed by atoms with Crippen LogP contribution >= 0.6 is 11.3 Å². The van der Waals surface area contributed by atoms with Crippen LogP contribution in [0, 0.1) is 0 Å². The van der Waals surface area contributed by atoms with Gasteiger partial charge in [-0.05, 0) is 52.7 Å². The van der Waals surface area contributed by atoms with Crippen LogP contribution in [-0.4, -0.2) is 46.8 Å². The highest BCUT2D eigenvalue weighted by atomic mass is 32.1. The summed E-state index contributed by atoms with van der Waals surface area (Å²) in [4.78, 5) is 14.5. The van der Waals surface area contributed by atoms with Crippen molar-refractivity contribution in [3.05, 3.63) is 57.1 Å². The third-order valence-corrected chi connectivity index (χ3v) is 5.24. The third-order valence-electron chi connectivity index (χ3n) is 4.56. The molecule has 0 bridgehead atoms. The Kier molecular flexibility index (Phi) is 4.58. The molecule has 0 saturated carbocycles. The number of likely N-dealkylation sites (N-methyl/N-ethyl adjacent to an activating group) is 1. The number of hydrogen-bond donors (Lipinski definition) is 1. The number of pyridine rings is 1. The van der Waals surface area contributed by atoms with Crippen LogP contribution in [0.25, 0.3) is 27.7 Å². The number of ether oxygens (including phenoxy) is 1. The molecule has 0 saturated heterocycles. The lowest BCUT2D eigenvalue weighted by atomic mass is 10.0. The molecule has 3 aromatic heterocycles. The van der Waals surface area contributed by atoms with E-state index >= 15 is 0 Å². The Labute approximate surface area is 154 Å². The molecular formula is C19H20N4O2S. The van der Waals surface area contributed by atoms with Gasteiger partial charge in [0.05, 0.1) is 12.1 Å². The van der Waals surface area contributed by atoms with Gasteiger partial charge in [-0.25, -0.2) is 14.3 Å². The molecule has 0 atom stereocenters. The SMILES string of the molecule is COCCN(C)Cc1cc2n[nH]c(=O)n2c2cc(-c3ccsc3)ccc12. The second kappa shape index (κ2) is 7.03. The Balaban J connectivity index is 1.88. The van der Waals surface area contributed by atoms with E-state index in [0.717, 1.165) is 40.7 Å². The van der Waals surface area contributed by atoms with Crippen LogP contribution in [0.15, 0.2) is 45.9 Å². The lowest BCUT2D eigenvalue weighted by molar-refractivity contribution is 0.159. The number of H-pyrrole nitrogens is 1. The lowest BCUT2D eigenvalue weighted by Gasteiger charge is -2.18. The van der Waals surface area contributed by atoms with Gasteiger partial charge in [-0.2, -0.15) is 16.4 Å². The van der Waals surface area contributed by atoms with E-state index in [1.165, 1.54) is 0 Å². The first-order valence-electron chi connectivity index (χ1n) is 8.40. The zero-order chi connectivity index (χ0) is 18.1. The number of aromatic nitrogens is 3. The van der Waals surface area contributed by atoms with E-state index in [2.05, 4.69) is 57.2 Å². The minimum Gasteiger partial charge on any atom is -0.383 e. The van der Waals surface area contributed by atoms with Crippen molar-refractivity contribution >= 4 is 27.9 Å². The Morgan fingerprint density at radius 2 is 2.15 bits per heavy atom. The van der Waals surface area contributed by atoms with Crippen molar-refractivity contribution in [2.45, 2.75) is 6.54 Å². The van der Waals surface area contributed by atoms with Gasteiger partial charge in [-0.15, -0.1) is 0 Å². The molecule has 0 spiro atoms. The zero-order valence-electron chi connectivity index (χ0n) is 14.7. The molecule has 1 aromatic carbocycles. The molecule has 0 aliphatic heterocycles. The molecule has 0 aliphatic carbocycles. The average Bonchev–Trinajstić information content (AvgIpc) is 3.30. The van der Waals surface area contributed by atoms with E-state index in [4.69, 9.17) is 4.74 Å². The minimum atomic E-state index is -0.216. The van der Waals surface area contributed by atoms with Crippen molar-refractivity contribution in [2.24, 2.45) is 0 Å². The summed E-state index contributed by atoms with van der Waals surface area (Å²) in [6.45, 7) is 2.28. The summed E-state index contributed by atoms with van der Waals surface area (Å²) in [5.74, 6) is 0. The summed E-state index contributed by atoms with van der Waals surface area (Å²) in [5.41, 5.74) is 4.69. The van der Waals surface area contributed by atoms with Gasteiger partial charge < -0.3 is 4.74 Å². The Morgan fingerprint density at radius 3 is 2.92 bits per heavy atom. The van der Waals surface area contributed by atoms with Gasteiger partial charge in [0.1, 0.15) is 0 Å². The zero-order valence-corrected chi connectivity index (χ0v) is 15.5. The molecule has 7 heteroatoms. The number of aromatic amines is 1. The number of fused-ring (bicyclic) bond motifs is 3. The molecule has 0 amide bonds. The van der Waals surface area contributed by atoms with Crippen LogP contribution in [0.4, 0.5) is 0 Å². The summed E-state index contributed by atoms with van der Waals surface area (Å²) in [5, 5.41) is 12.0. The molecule has 0 fully saturated rings. The second-order valence-corrected chi connectivity index (χ2v) is 7.15. The monoisotopic (exact) mass is 368 g/mol. The highest BCUT2D eigenvalue weighted by molar-refractivity contribution is 7.08. The normalized spacial score (nSPS) is 11.8. The number of nitrogens with one attached hydrogen (secondary N) is 1. The molecule has 134 valence electrons. The molecule has 0 aliphatic rings. The average molecular weight is 368 g/mol. The first-order valence-corrected chi connectivity index (χ1v) is 9.34. The van der Waals surface area contributed by atoms with Crippen molar-refractivity contribution in [2.75, 3.05) is 27.3 Å². The summed E-state index contributed by atoms with van der Waals surface area (Å²) in [7, 11) is 3.77. The Morgan fingerprint density at radius 1 is 1.27 bits per heavy atom. The molecule has 0 unspecified atom stereocenters. The second-order valence-electron chi connectivity index (χ2n) is 6.37. The van der Waals surface area contributed by atoms with Crippen LogP contribution in [0.2, 0.25) is 0 Å². The van der Waals surface area contributed by atoms with E-state index in [9.17, 15) is 4.79 Å². The van der Waals surface area contributed by atoms with E-state index in [-0.39, 0.29) is 5.69 Å². The molecule has 26 heavy (non-hydrogen) atoms. The minimum absolute atomic E-state index is 0.216. The van der Waals surface area contributed by atoms with Gasteiger partial charge in [0.2, 0.25) is 0 Å². The van der Waals surface area contributed by atoms with E-state index < -0.39 is 0 Å². The summed E-state index contributed by atoms with van der Waals surface area (Å²) >= 11 is 1.66. The quantitative estimate of drug-likeness (QED) is 0.568. The fourth-order valence-electron chi connectivity index (χ4n) is 3.22. The highest BCUT2D eigenvalue weighted by Crippen LogP contribution is 2.28. The van der Waals surface area contributed by atoms with Gasteiger partial charge in [0.25, 0.3) is 0 Å². The van der Waals surface area contributed by atoms with Crippen LogP contribution in [0.5, 0.6) is 0 Å². The molecule has 4 rings (SSSR count). The van der Waals surface area contributed by atoms with Crippen LogP contribution in [-0.2, 0) is 11.3 Å². The lowest BCUT2D eigenvalue weighted by Crippen LogP contribution is -2.22. The largest absolute Gasteiger partial charge is 0.383 e. The molecule has 0 radical (unpaired) electrons. The molecule has 1 N–H and O–H groups in total. The van der Waals surface area contributed by atoms with Crippen LogP contribution in [0.3, 0.4) is 0 Å². The number of methoxy groups -OCH3 is 1. The summed E-state index contributed by atoms with van der Waals surface area (Å²) < 4.78 is 6.81. The Hall–Kier alpha value is -2.48.